The highest BCUT2D eigenvalue weighted by molar-refractivity contribution is 7.92. The van der Waals surface area contributed by atoms with E-state index in [1.165, 1.54) is 16.4 Å². The predicted molar refractivity (Wildman–Crippen MR) is 122 cm³/mol. The standard InChI is InChI=1S/C23H23N3O5S/c1-2-25(17-9-4-3-5-10-17)32(30,31)18-12-13-20(21(15-18)26(28)29)24-23-19-11-7-6-8-16(19)14-22(23)27/h3-13,15,22-24,27H,2,14H2,1H3/t22-,23+/m0/s1. The Hall–Kier alpha value is -3.43. The number of aliphatic hydroxyl groups is 1. The minimum atomic E-state index is -4.01. The molecule has 0 saturated heterocycles. The van der Waals surface area contributed by atoms with Crippen molar-refractivity contribution in [3.05, 3.63) is 94.0 Å². The van der Waals surface area contributed by atoms with Crippen LogP contribution in [0.25, 0.3) is 0 Å². The molecule has 0 aliphatic heterocycles. The third-order valence-electron chi connectivity index (χ3n) is 5.60. The first-order valence-electron chi connectivity index (χ1n) is 10.2. The summed E-state index contributed by atoms with van der Waals surface area (Å²) in [5.74, 6) is 0. The van der Waals surface area contributed by atoms with E-state index in [0.717, 1.165) is 17.2 Å². The van der Waals surface area contributed by atoms with Gasteiger partial charge in [-0.3, -0.25) is 14.4 Å². The molecular formula is C23H23N3O5S. The fourth-order valence-electron chi connectivity index (χ4n) is 4.07. The summed E-state index contributed by atoms with van der Waals surface area (Å²) in [4.78, 5) is 11.0. The average molecular weight is 454 g/mol. The molecule has 0 radical (unpaired) electrons. The predicted octanol–water partition coefficient (Wildman–Crippen LogP) is 3.88. The smallest absolute Gasteiger partial charge is 0.293 e. The van der Waals surface area contributed by atoms with E-state index in [-0.39, 0.29) is 22.8 Å². The molecule has 0 heterocycles. The molecule has 0 unspecified atom stereocenters. The number of benzene rings is 3. The molecule has 166 valence electrons. The highest BCUT2D eigenvalue weighted by Crippen LogP contribution is 2.38. The summed E-state index contributed by atoms with van der Waals surface area (Å²) in [5.41, 5.74) is 2.10. The molecule has 2 atom stereocenters. The number of hydrogen-bond donors (Lipinski definition) is 2. The normalized spacial score (nSPS) is 17.6. The second kappa shape index (κ2) is 8.60. The van der Waals surface area contributed by atoms with Crippen molar-refractivity contribution >= 4 is 27.1 Å². The van der Waals surface area contributed by atoms with E-state index >= 15 is 0 Å². The lowest BCUT2D eigenvalue weighted by Gasteiger charge is -2.23. The van der Waals surface area contributed by atoms with Crippen LogP contribution in [0.5, 0.6) is 0 Å². The number of nitro benzene ring substituents is 1. The molecule has 8 nitrogen and oxygen atoms in total. The summed E-state index contributed by atoms with van der Waals surface area (Å²) in [6.07, 6.45) is -0.305. The molecule has 2 N–H and O–H groups in total. The van der Waals surface area contributed by atoms with E-state index in [0.29, 0.717) is 12.1 Å². The second-order valence-electron chi connectivity index (χ2n) is 7.53. The van der Waals surface area contributed by atoms with Gasteiger partial charge in [-0.15, -0.1) is 0 Å². The maximum absolute atomic E-state index is 13.3. The van der Waals surface area contributed by atoms with Gasteiger partial charge < -0.3 is 10.4 Å². The first-order valence-corrected chi connectivity index (χ1v) is 11.7. The molecule has 0 saturated carbocycles. The van der Waals surface area contributed by atoms with Crippen LogP contribution < -0.4 is 9.62 Å². The summed E-state index contributed by atoms with van der Waals surface area (Å²) < 4.78 is 27.7. The van der Waals surface area contributed by atoms with Gasteiger partial charge >= 0.3 is 0 Å². The van der Waals surface area contributed by atoms with Crippen LogP contribution in [0.3, 0.4) is 0 Å². The Morgan fingerprint density at radius 2 is 1.78 bits per heavy atom. The topological polar surface area (TPSA) is 113 Å². The third-order valence-corrected chi connectivity index (χ3v) is 7.50. The van der Waals surface area contributed by atoms with Gasteiger partial charge in [-0.05, 0) is 42.3 Å². The number of nitrogens with one attached hydrogen (secondary N) is 1. The van der Waals surface area contributed by atoms with E-state index in [1.54, 1.807) is 37.3 Å². The molecule has 32 heavy (non-hydrogen) atoms. The first kappa shape index (κ1) is 21.8. The maximum atomic E-state index is 13.3. The van der Waals surface area contributed by atoms with Gasteiger partial charge in [-0.2, -0.15) is 0 Å². The van der Waals surface area contributed by atoms with E-state index in [4.69, 9.17) is 0 Å². The number of sulfonamides is 1. The molecule has 1 aliphatic rings. The Morgan fingerprint density at radius 1 is 1.09 bits per heavy atom. The molecule has 0 aromatic heterocycles. The molecule has 4 rings (SSSR count). The number of anilines is 2. The first-order chi connectivity index (χ1) is 15.3. The fraction of sp³-hybridized carbons (Fsp3) is 0.217. The lowest BCUT2D eigenvalue weighted by Crippen LogP contribution is -2.30. The number of hydrogen-bond acceptors (Lipinski definition) is 6. The number of para-hydroxylation sites is 1. The van der Waals surface area contributed by atoms with Crippen LogP contribution >= 0.6 is 0 Å². The molecule has 3 aromatic rings. The lowest BCUT2D eigenvalue weighted by molar-refractivity contribution is -0.384. The van der Waals surface area contributed by atoms with Crippen molar-refractivity contribution in [2.75, 3.05) is 16.2 Å². The van der Waals surface area contributed by atoms with E-state index in [9.17, 15) is 23.6 Å². The van der Waals surface area contributed by atoms with E-state index in [1.807, 2.05) is 24.3 Å². The van der Waals surface area contributed by atoms with Crippen molar-refractivity contribution in [1.29, 1.82) is 0 Å². The lowest BCUT2D eigenvalue weighted by atomic mass is 10.1. The van der Waals surface area contributed by atoms with Crippen LogP contribution in [0.4, 0.5) is 17.1 Å². The van der Waals surface area contributed by atoms with Crippen LogP contribution in [-0.4, -0.2) is 31.1 Å². The molecule has 0 bridgehead atoms. The zero-order valence-corrected chi connectivity index (χ0v) is 18.2. The van der Waals surface area contributed by atoms with Crippen molar-refractivity contribution < 1.29 is 18.4 Å². The summed E-state index contributed by atoms with van der Waals surface area (Å²) >= 11 is 0. The van der Waals surface area contributed by atoms with E-state index in [2.05, 4.69) is 5.32 Å². The highest BCUT2D eigenvalue weighted by atomic mass is 32.2. The summed E-state index contributed by atoms with van der Waals surface area (Å²) in [7, 11) is -4.01. The van der Waals surface area contributed by atoms with Gasteiger partial charge in [-0.25, -0.2) is 8.42 Å². The Kier molecular flexibility index (Phi) is 5.86. The van der Waals surface area contributed by atoms with Crippen LogP contribution in [0, 0.1) is 10.1 Å². The fourth-order valence-corrected chi connectivity index (χ4v) is 5.57. The van der Waals surface area contributed by atoms with Crippen molar-refractivity contribution in [2.24, 2.45) is 0 Å². The maximum Gasteiger partial charge on any atom is 0.293 e. The summed E-state index contributed by atoms with van der Waals surface area (Å²) in [6.45, 7) is 1.87. The van der Waals surface area contributed by atoms with Crippen molar-refractivity contribution in [3.63, 3.8) is 0 Å². The summed E-state index contributed by atoms with van der Waals surface area (Å²) in [5, 5.41) is 25.3. The average Bonchev–Trinajstić information content (AvgIpc) is 3.10. The minimum Gasteiger partial charge on any atom is -0.390 e. The van der Waals surface area contributed by atoms with Crippen LogP contribution in [0.2, 0.25) is 0 Å². The zero-order chi connectivity index (χ0) is 22.9. The molecule has 0 fully saturated rings. The van der Waals surface area contributed by atoms with Gasteiger partial charge in [0.05, 0.1) is 27.7 Å². The Bertz CT molecular complexity index is 1250. The molecule has 1 aliphatic carbocycles. The van der Waals surface area contributed by atoms with Gasteiger partial charge in [0.2, 0.25) is 0 Å². The number of rotatable bonds is 7. The number of fused-ring (bicyclic) bond motifs is 1. The second-order valence-corrected chi connectivity index (χ2v) is 9.40. The molecule has 0 amide bonds. The summed E-state index contributed by atoms with van der Waals surface area (Å²) in [6, 6.07) is 19.4. The van der Waals surface area contributed by atoms with Gasteiger partial charge in [0.1, 0.15) is 5.69 Å². The molecular weight excluding hydrogens is 430 g/mol. The van der Waals surface area contributed by atoms with Crippen molar-refractivity contribution in [2.45, 2.75) is 30.4 Å². The Labute approximate surface area is 186 Å². The van der Waals surface area contributed by atoms with Crippen LogP contribution in [0.1, 0.15) is 24.1 Å². The van der Waals surface area contributed by atoms with Gasteiger partial charge in [0.25, 0.3) is 15.7 Å². The number of nitrogens with zero attached hydrogens (tertiary/aromatic N) is 2. The van der Waals surface area contributed by atoms with Gasteiger partial charge in [-0.1, -0.05) is 42.5 Å². The number of nitro groups is 1. The van der Waals surface area contributed by atoms with Crippen LogP contribution in [-0.2, 0) is 16.4 Å². The molecule has 9 heteroatoms. The SMILES string of the molecule is CCN(c1ccccc1)S(=O)(=O)c1ccc(N[C@@H]2c3ccccc3C[C@@H]2O)c([N+](=O)[O-])c1. The number of aliphatic hydroxyl groups excluding tert-OH is 1. The largest absolute Gasteiger partial charge is 0.390 e. The van der Waals surface area contributed by atoms with Crippen molar-refractivity contribution in [1.82, 2.24) is 0 Å². The van der Waals surface area contributed by atoms with Gasteiger partial charge in [0.15, 0.2) is 0 Å². The monoisotopic (exact) mass is 453 g/mol. The quantitative estimate of drug-likeness (QED) is 0.415. The molecule has 0 spiro atoms. The molecule has 3 aromatic carbocycles. The van der Waals surface area contributed by atoms with Crippen molar-refractivity contribution in [3.8, 4) is 0 Å². The minimum absolute atomic E-state index is 0.150. The Morgan fingerprint density at radius 3 is 2.47 bits per heavy atom. The Balaban J connectivity index is 1.70. The third kappa shape index (κ3) is 3.92. The van der Waals surface area contributed by atoms with E-state index < -0.39 is 27.1 Å². The highest BCUT2D eigenvalue weighted by Gasteiger charge is 2.33. The van der Waals surface area contributed by atoms with Gasteiger partial charge in [0, 0.05) is 19.0 Å². The zero-order valence-electron chi connectivity index (χ0n) is 17.4. The van der Waals surface area contributed by atoms with Crippen LogP contribution in [0.15, 0.2) is 77.7 Å².